The van der Waals surface area contributed by atoms with Crippen molar-refractivity contribution < 1.29 is 13.9 Å². The molecule has 0 aliphatic heterocycles. The zero-order chi connectivity index (χ0) is 21.0. The van der Waals surface area contributed by atoms with E-state index in [1.54, 1.807) is 25.1 Å². The second-order valence-corrected chi connectivity index (χ2v) is 8.03. The Hall–Kier alpha value is -2.61. The first-order chi connectivity index (χ1) is 13.8. The largest absolute Gasteiger partial charge is 0.481 e. The third-order valence-corrected chi connectivity index (χ3v) is 5.55. The lowest BCUT2D eigenvalue weighted by Gasteiger charge is -2.30. The third-order valence-electron chi connectivity index (χ3n) is 5.33. The van der Waals surface area contributed by atoms with Crippen molar-refractivity contribution in [3.05, 3.63) is 40.2 Å². The van der Waals surface area contributed by atoms with E-state index in [0.717, 1.165) is 17.4 Å². The Labute approximate surface area is 175 Å². The summed E-state index contributed by atoms with van der Waals surface area (Å²) in [5.74, 6) is 0.625. The number of amides is 1. The van der Waals surface area contributed by atoms with Crippen molar-refractivity contribution in [2.45, 2.75) is 58.6 Å². The second-order valence-electron chi connectivity index (χ2n) is 7.62. The van der Waals surface area contributed by atoms with Gasteiger partial charge in [0.05, 0.1) is 0 Å². The third kappa shape index (κ3) is 5.47. The number of carbonyl (C=O) groups is 1. The van der Waals surface area contributed by atoms with E-state index in [1.807, 2.05) is 6.92 Å². The molecule has 3 N–H and O–H groups in total. The van der Waals surface area contributed by atoms with Crippen LogP contribution in [0.1, 0.15) is 45.1 Å². The summed E-state index contributed by atoms with van der Waals surface area (Å²) in [6, 6.07) is 6.91. The molecule has 0 radical (unpaired) electrons. The summed E-state index contributed by atoms with van der Waals surface area (Å²) in [5, 5.41) is 4.48. The molecule has 0 unspecified atom stereocenters. The fraction of sp³-hybridized carbons (Fsp3) is 0.476. The number of ether oxygens (including phenoxy) is 1. The lowest BCUT2D eigenvalue weighted by Crippen LogP contribution is -2.53. The summed E-state index contributed by atoms with van der Waals surface area (Å²) in [7, 11) is 0. The maximum atomic E-state index is 12.3. The molecule has 1 aliphatic carbocycles. The first-order valence-corrected chi connectivity index (χ1v) is 10.3. The van der Waals surface area contributed by atoms with E-state index in [2.05, 4.69) is 23.1 Å². The van der Waals surface area contributed by atoms with E-state index in [-0.39, 0.29) is 5.91 Å². The highest BCUT2D eigenvalue weighted by Crippen LogP contribution is 2.24. The van der Waals surface area contributed by atoms with Gasteiger partial charge in [-0.15, -0.1) is 0 Å². The van der Waals surface area contributed by atoms with Crippen LogP contribution in [0.25, 0.3) is 11.0 Å². The average molecular weight is 418 g/mol. The first kappa shape index (κ1) is 21.1. The highest BCUT2D eigenvalue weighted by molar-refractivity contribution is 7.80. The van der Waals surface area contributed by atoms with E-state index < -0.39 is 11.7 Å². The summed E-state index contributed by atoms with van der Waals surface area (Å²) < 4.78 is 10.9. The quantitative estimate of drug-likeness (QED) is 0.400. The molecule has 1 amide bonds. The summed E-state index contributed by atoms with van der Waals surface area (Å²) >= 11 is 5.28. The van der Waals surface area contributed by atoms with Crippen LogP contribution in [0.5, 0.6) is 5.75 Å². The highest BCUT2D eigenvalue weighted by atomic mass is 32.1. The van der Waals surface area contributed by atoms with E-state index in [9.17, 15) is 9.59 Å². The molecule has 156 valence electrons. The Kier molecular flexibility index (Phi) is 6.74. The standard InChI is InChI=1S/C21H27N3O4S/c1-12-6-4-5-7-17(12)22-21(29)24-23-20(26)14(3)27-15-8-9-16-13(2)10-19(25)28-18(16)11-15/h8-12,14,17H,4-7H2,1-3H3,(H,23,26)(H2,22,24,29)/t12-,14-,17-/m0/s1. The van der Waals surface area contributed by atoms with Crippen molar-refractivity contribution in [3.63, 3.8) is 0 Å². The van der Waals surface area contributed by atoms with Gasteiger partial charge >= 0.3 is 5.63 Å². The molecule has 1 fully saturated rings. The van der Waals surface area contributed by atoms with Gasteiger partial charge in [-0.3, -0.25) is 15.6 Å². The molecule has 3 rings (SSSR count). The van der Waals surface area contributed by atoms with E-state index in [0.29, 0.717) is 28.4 Å². The average Bonchev–Trinajstić information content (AvgIpc) is 2.67. The van der Waals surface area contributed by atoms with Gasteiger partial charge in [0.25, 0.3) is 5.91 Å². The normalized spacial score (nSPS) is 20.0. The van der Waals surface area contributed by atoms with Gasteiger partial charge in [-0.1, -0.05) is 19.8 Å². The van der Waals surface area contributed by atoms with Crippen molar-refractivity contribution >= 4 is 34.2 Å². The van der Waals surface area contributed by atoms with Crippen LogP contribution in [-0.4, -0.2) is 23.2 Å². The lowest BCUT2D eigenvalue weighted by molar-refractivity contribution is -0.127. The molecule has 0 spiro atoms. The van der Waals surface area contributed by atoms with Crippen LogP contribution in [0.2, 0.25) is 0 Å². The Morgan fingerprint density at radius 2 is 2.00 bits per heavy atom. The smallest absolute Gasteiger partial charge is 0.336 e. The van der Waals surface area contributed by atoms with Gasteiger partial charge in [0.15, 0.2) is 11.2 Å². The molecule has 1 saturated carbocycles. The summed E-state index contributed by atoms with van der Waals surface area (Å²) in [5.41, 5.74) is 6.14. The van der Waals surface area contributed by atoms with E-state index >= 15 is 0 Å². The molecule has 3 atom stereocenters. The Bertz CT molecular complexity index is 959. The molecule has 1 aromatic carbocycles. The molecule has 0 saturated heterocycles. The summed E-state index contributed by atoms with van der Waals surface area (Å²) in [4.78, 5) is 23.9. The lowest BCUT2D eigenvalue weighted by atomic mass is 9.86. The fourth-order valence-electron chi connectivity index (χ4n) is 3.59. The molecule has 7 nitrogen and oxygen atoms in total. The maximum absolute atomic E-state index is 12.3. The van der Waals surface area contributed by atoms with Gasteiger partial charge in [-0.25, -0.2) is 4.79 Å². The first-order valence-electron chi connectivity index (χ1n) is 9.91. The predicted octanol–water partition coefficient (Wildman–Crippen LogP) is 2.94. The monoisotopic (exact) mass is 417 g/mol. The van der Waals surface area contributed by atoms with E-state index in [1.165, 1.54) is 25.3 Å². The summed E-state index contributed by atoms with van der Waals surface area (Å²) in [6.45, 7) is 5.68. The number of hydrogen-bond acceptors (Lipinski definition) is 5. The number of benzene rings is 1. The van der Waals surface area contributed by atoms with E-state index in [4.69, 9.17) is 21.4 Å². The van der Waals surface area contributed by atoms with Crippen LogP contribution in [0, 0.1) is 12.8 Å². The molecule has 2 aromatic rings. The van der Waals surface area contributed by atoms with Gasteiger partial charge in [0.1, 0.15) is 11.3 Å². The zero-order valence-corrected chi connectivity index (χ0v) is 17.7. The predicted molar refractivity (Wildman–Crippen MR) is 116 cm³/mol. The topological polar surface area (TPSA) is 92.6 Å². The van der Waals surface area contributed by atoms with Gasteiger partial charge in [-0.05, 0) is 62.5 Å². The van der Waals surface area contributed by atoms with Gasteiger partial charge < -0.3 is 14.5 Å². The minimum atomic E-state index is -0.770. The Morgan fingerprint density at radius 1 is 1.24 bits per heavy atom. The van der Waals surface area contributed by atoms with Crippen LogP contribution in [0.15, 0.2) is 33.5 Å². The number of carbonyl (C=O) groups excluding carboxylic acids is 1. The SMILES string of the molecule is Cc1cc(=O)oc2cc(O[C@@H](C)C(=O)NNC(=S)N[C@H]3CCCC[C@@H]3C)ccc12. The van der Waals surface area contributed by atoms with Crippen molar-refractivity contribution in [2.24, 2.45) is 5.92 Å². The van der Waals surface area contributed by atoms with Gasteiger partial charge in [0.2, 0.25) is 0 Å². The minimum Gasteiger partial charge on any atom is -0.481 e. The van der Waals surface area contributed by atoms with Crippen molar-refractivity contribution in [1.82, 2.24) is 16.2 Å². The van der Waals surface area contributed by atoms with Crippen LogP contribution in [-0.2, 0) is 4.79 Å². The number of fused-ring (bicyclic) bond motifs is 1. The fourth-order valence-corrected chi connectivity index (χ4v) is 3.79. The van der Waals surface area contributed by atoms with Gasteiger partial charge in [0, 0.05) is 23.6 Å². The molecule has 8 heteroatoms. The van der Waals surface area contributed by atoms with Crippen molar-refractivity contribution in [1.29, 1.82) is 0 Å². The maximum Gasteiger partial charge on any atom is 0.336 e. The number of aryl methyl sites for hydroxylation is 1. The minimum absolute atomic E-state index is 0.324. The number of thiocarbonyl (C=S) groups is 1. The summed E-state index contributed by atoms with van der Waals surface area (Å²) in [6.07, 6.45) is 3.93. The molecular formula is C21H27N3O4S. The number of nitrogens with one attached hydrogen (secondary N) is 3. The molecule has 1 aliphatic rings. The van der Waals surface area contributed by atoms with Crippen LogP contribution < -0.4 is 26.5 Å². The second kappa shape index (κ2) is 9.26. The van der Waals surface area contributed by atoms with Crippen molar-refractivity contribution in [3.8, 4) is 5.75 Å². The van der Waals surface area contributed by atoms with Crippen LogP contribution in [0.3, 0.4) is 0 Å². The Morgan fingerprint density at radius 3 is 2.76 bits per heavy atom. The van der Waals surface area contributed by atoms with Gasteiger partial charge in [-0.2, -0.15) is 0 Å². The number of rotatable bonds is 4. The molecule has 1 aromatic heterocycles. The van der Waals surface area contributed by atoms with Crippen LogP contribution in [0.4, 0.5) is 0 Å². The number of hydrogen-bond donors (Lipinski definition) is 3. The zero-order valence-electron chi connectivity index (χ0n) is 16.9. The highest BCUT2D eigenvalue weighted by Gasteiger charge is 2.22. The number of hydrazine groups is 1. The molecule has 0 bridgehead atoms. The Balaban J connectivity index is 1.53. The van der Waals surface area contributed by atoms with Crippen molar-refractivity contribution in [2.75, 3.05) is 0 Å². The molecular weight excluding hydrogens is 390 g/mol. The molecule has 29 heavy (non-hydrogen) atoms. The van der Waals surface area contributed by atoms with Crippen LogP contribution >= 0.6 is 12.2 Å². The molecule has 1 heterocycles.